The van der Waals surface area contributed by atoms with Gasteiger partial charge in [-0.2, -0.15) is 0 Å². The molecule has 1 unspecified atom stereocenters. The van der Waals surface area contributed by atoms with Gasteiger partial charge in [0.1, 0.15) is 0 Å². The van der Waals surface area contributed by atoms with Gasteiger partial charge in [-0.05, 0) is 6.42 Å². The Bertz CT molecular complexity index is 95.6. The zero-order valence-corrected chi connectivity index (χ0v) is 7.41. The molecule has 0 aromatic heterocycles. The second-order valence-corrected chi connectivity index (χ2v) is 2.45. The minimum absolute atomic E-state index is 0. The Hall–Kier alpha value is -0.240. The standard InChI is InChI=1S/C7H15NO.ClH/c1-3-4-5-6(2)7(8)9;/h6H,3-5H2,1-2H3,(H2,8,9);1H. The van der Waals surface area contributed by atoms with Gasteiger partial charge in [-0.25, -0.2) is 0 Å². The van der Waals surface area contributed by atoms with E-state index >= 15 is 0 Å². The van der Waals surface area contributed by atoms with Gasteiger partial charge in [-0.3, -0.25) is 4.79 Å². The predicted molar refractivity (Wildman–Crippen MR) is 45.1 cm³/mol. The monoisotopic (exact) mass is 165 g/mol. The number of halogens is 1. The second kappa shape index (κ2) is 6.87. The van der Waals surface area contributed by atoms with Crippen molar-refractivity contribution in [3.63, 3.8) is 0 Å². The van der Waals surface area contributed by atoms with Crippen molar-refractivity contribution in [2.24, 2.45) is 11.7 Å². The lowest BCUT2D eigenvalue weighted by Crippen LogP contribution is -2.20. The summed E-state index contributed by atoms with van der Waals surface area (Å²) in [6, 6.07) is 0. The fraction of sp³-hybridized carbons (Fsp3) is 0.857. The van der Waals surface area contributed by atoms with Gasteiger partial charge in [0.25, 0.3) is 0 Å². The van der Waals surface area contributed by atoms with E-state index in [1.165, 1.54) is 0 Å². The van der Waals surface area contributed by atoms with E-state index in [0.29, 0.717) is 0 Å². The average Bonchev–Trinajstić information content (AvgIpc) is 1.82. The summed E-state index contributed by atoms with van der Waals surface area (Å²) < 4.78 is 0. The number of carbonyl (C=O) groups excluding carboxylic acids is 1. The molecule has 10 heavy (non-hydrogen) atoms. The van der Waals surface area contributed by atoms with Crippen LogP contribution in [0.25, 0.3) is 0 Å². The van der Waals surface area contributed by atoms with Crippen molar-refractivity contribution in [2.45, 2.75) is 33.1 Å². The molecule has 0 bridgehead atoms. The molecule has 62 valence electrons. The van der Waals surface area contributed by atoms with Crippen LogP contribution in [0.5, 0.6) is 0 Å². The molecule has 0 radical (unpaired) electrons. The number of primary amides is 1. The van der Waals surface area contributed by atoms with Crippen LogP contribution in [0, 0.1) is 5.92 Å². The first kappa shape index (κ1) is 12.4. The summed E-state index contributed by atoms with van der Waals surface area (Å²) in [5.41, 5.74) is 5.04. The van der Waals surface area contributed by atoms with E-state index in [2.05, 4.69) is 6.92 Å². The number of unbranched alkanes of at least 4 members (excludes halogenated alkanes) is 1. The predicted octanol–water partition coefficient (Wildman–Crippen LogP) is 1.72. The van der Waals surface area contributed by atoms with Crippen molar-refractivity contribution in [3.05, 3.63) is 0 Å². The third-order valence-electron chi connectivity index (χ3n) is 1.48. The van der Waals surface area contributed by atoms with Gasteiger partial charge in [0.2, 0.25) is 5.91 Å². The Morgan fingerprint density at radius 3 is 2.40 bits per heavy atom. The summed E-state index contributed by atoms with van der Waals surface area (Å²) in [6.07, 6.45) is 3.17. The van der Waals surface area contributed by atoms with Crippen molar-refractivity contribution in [1.82, 2.24) is 0 Å². The summed E-state index contributed by atoms with van der Waals surface area (Å²) in [4.78, 5) is 10.4. The maximum Gasteiger partial charge on any atom is 0.220 e. The number of nitrogens with two attached hydrogens (primary N) is 1. The van der Waals surface area contributed by atoms with Gasteiger partial charge < -0.3 is 5.73 Å². The molecule has 0 aliphatic rings. The van der Waals surface area contributed by atoms with Gasteiger partial charge in [-0.15, -0.1) is 12.4 Å². The lowest BCUT2D eigenvalue weighted by Gasteiger charge is -2.03. The number of hydrogen-bond acceptors (Lipinski definition) is 1. The van der Waals surface area contributed by atoms with E-state index < -0.39 is 0 Å². The molecule has 0 aliphatic heterocycles. The average molecular weight is 166 g/mol. The molecular formula is C7H16ClNO. The number of amides is 1. The van der Waals surface area contributed by atoms with Crippen LogP contribution in [-0.2, 0) is 4.79 Å². The van der Waals surface area contributed by atoms with Crippen molar-refractivity contribution in [2.75, 3.05) is 0 Å². The topological polar surface area (TPSA) is 43.1 Å². The molecule has 0 saturated carbocycles. The molecule has 1 atom stereocenters. The lowest BCUT2D eigenvalue weighted by molar-refractivity contribution is -0.121. The normalized spacial score (nSPS) is 11.8. The Kier molecular flexibility index (Phi) is 8.55. The largest absolute Gasteiger partial charge is 0.369 e. The molecule has 0 aromatic rings. The highest BCUT2D eigenvalue weighted by atomic mass is 35.5. The Balaban J connectivity index is 0. The molecule has 0 spiro atoms. The first-order valence-electron chi connectivity index (χ1n) is 3.47. The Morgan fingerprint density at radius 2 is 2.10 bits per heavy atom. The molecule has 1 amide bonds. The fourth-order valence-electron chi connectivity index (χ4n) is 0.653. The highest BCUT2D eigenvalue weighted by Crippen LogP contribution is 2.05. The maximum atomic E-state index is 10.4. The van der Waals surface area contributed by atoms with Gasteiger partial charge in [-0.1, -0.05) is 26.7 Å². The lowest BCUT2D eigenvalue weighted by atomic mass is 10.0. The van der Waals surface area contributed by atoms with E-state index in [1.54, 1.807) is 0 Å². The van der Waals surface area contributed by atoms with E-state index in [4.69, 9.17) is 5.73 Å². The number of carbonyl (C=O) groups is 1. The molecule has 3 heteroatoms. The van der Waals surface area contributed by atoms with Crippen LogP contribution in [0.4, 0.5) is 0 Å². The first-order valence-corrected chi connectivity index (χ1v) is 3.47. The van der Waals surface area contributed by atoms with E-state index in [0.717, 1.165) is 19.3 Å². The zero-order chi connectivity index (χ0) is 7.28. The molecule has 2 N–H and O–H groups in total. The van der Waals surface area contributed by atoms with Crippen molar-refractivity contribution >= 4 is 18.3 Å². The van der Waals surface area contributed by atoms with E-state index in [-0.39, 0.29) is 24.2 Å². The summed E-state index contributed by atoms with van der Waals surface area (Å²) in [7, 11) is 0. The molecule has 0 heterocycles. The van der Waals surface area contributed by atoms with Crippen LogP contribution in [0.2, 0.25) is 0 Å². The van der Waals surface area contributed by atoms with Crippen molar-refractivity contribution in [1.29, 1.82) is 0 Å². The van der Waals surface area contributed by atoms with Gasteiger partial charge in [0, 0.05) is 5.92 Å². The molecule has 0 saturated heterocycles. The number of rotatable bonds is 4. The van der Waals surface area contributed by atoms with E-state index in [1.807, 2.05) is 6.92 Å². The fourth-order valence-corrected chi connectivity index (χ4v) is 0.653. The molecule has 2 nitrogen and oxygen atoms in total. The molecule has 0 fully saturated rings. The van der Waals surface area contributed by atoms with Crippen molar-refractivity contribution < 1.29 is 4.79 Å². The Morgan fingerprint density at radius 1 is 1.60 bits per heavy atom. The zero-order valence-electron chi connectivity index (χ0n) is 6.59. The number of hydrogen-bond donors (Lipinski definition) is 1. The van der Waals surface area contributed by atoms with Gasteiger partial charge in [0.05, 0.1) is 0 Å². The van der Waals surface area contributed by atoms with Crippen LogP contribution >= 0.6 is 12.4 Å². The summed E-state index contributed by atoms with van der Waals surface area (Å²) in [5.74, 6) is -0.117. The minimum Gasteiger partial charge on any atom is -0.369 e. The molecule has 0 rings (SSSR count). The van der Waals surface area contributed by atoms with Crippen LogP contribution in [-0.4, -0.2) is 5.91 Å². The van der Waals surface area contributed by atoms with Crippen LogP contribution in [0.1, 0.15) is 33.1 Å². The van der Waals surface area contributed by atoms with Crippen LogP contribution < -0.4 is 5.73 Å². The highest BCUT2D eigenvalue weighted by Gasteiger charge is 2.05. The summed E-state index contributed by atoms with van der Waals surface area (Å²) in [6.45, 7) is 3.98. The third kappa shape index (κ3) is 5.89. The third-order valence-corrected chi connectivity index (χ3v) is 1.48. The van der Waals surface area contributed by atoms with Gasteiger partial charge in [0.15, 0.2) is 0 Å². The molecule has 0 aliphatic carbocycles. The van der Waals surface area contributed by atoms with Crippen LogP contribution in [0.15, 0.2) is 0 Å². The van der Waals surface area contributed by atoms with Crippen LogP contribution in [0.3, 0.4) is 0 Å². The second-order valence-electron chi connectivity index (χ2n) is 2.45. The molecule has 0 aromatic carbocycles. The van der Waals surface area contributed by atoms with Crippen molar-refractivity contribution in [3.8, 4) is 0 Å². The smallest absolute Gasteiger partial charge is 0.220 e. The van der Waals surface area contributed by atoms with Gasteiger partial charge >= 0.3 is 0 Å². The SMILES string of the molecule is CCCCC(C)C(N)=O.Cl. The quantitative estimate of drug-likeness (QED) is 0.678. The highest BCUT2D eigenvalue weighted by molar-refractivity contribution is 5.85. The summed E-state index contributed by atoms with van der Waals surface area (Å²) >= 11 is 0. The summed E-state index contributed by atoms with van der Waals surface area (Å²) in [5, 5.41) is 0. The molecular weight excluding hydrogens is 150 g/mol. The first-order chi connectivity index (χ1) is 4.18. The minimum atomic E-state index is -0.177. The Labute approximate surface area is 68.6 Å². The maximum absolute atomic E-state index is 10.4. The van der Waals surface area contributed by atoms with E-state index in [9.17, 15) is 4.79 Å².